The van der Waals surface area contributed by atoms with Gasteiger partial charge in [-0.05, 0) is 62.9 Å². The van der Waals surface area contributed by atoms with Crippen LogP contribution in [-0.2, 0) is 4.79 Å². The second kappa shape index (κ2) is 9.68. The average molecular weight is 317 g/mol. The van der Waals surface area contributed by atoms with E-state index in [0.717, 1.165) is 44.4 Å². The quantitative estimate of drug-likeness (QED) is 0.861. The SMILES string of the molecule is CCC1CCCN(C(=O)CC(C)C2CCNCC2)CC1.Cl. The van der Waals surface area contributed by atoms with Crippen LogP contribution in [0.5, 0.6) is 0 Å². The lowest BCUT2D eigenvalue weighted by molar-refractivity contribution is -0.132. The minimum absolute atomic E-state index is 0. The average Bonchev–Trinajstić information content (AvgIpc) is 2.73. The van der Waals surface area contributed by atoms with Crippen LogP contribution in [0.25, 0.3) is 0 Å². The number of rotatable bonds is 4. The molecule has 21 heavy (non-hydrogen) atoms. The van der Waals surface area contributed by atoms with Crippen LogP contribution in [0.2, 0.25) is 0 Å². The van der Waals surface area contributed by atoms with Gasteiger partial charge in [-0.1, -0.05) is 20.3 Å². The van der Waals surface area contributed by atoms with Gasteiger partial charge in [0.1, 0.15) is 0 Å². The largest absolute Gasteiger partial charge is 0.343 e. The molecule has 1 amide bonds. The molecule has 2 rings (SSSR count). The summed E-state index contributed by atoms with van der Waals surface area (Å²) in [5, 5.41) is 3.41. The zero-order chi connectivity index (χ0) is 14.4. The number of carbonyl (C=O) groups is 1. The first-order valence-corrected chi connectivity index (χ1v) is 8.69. The van der Waals surface area contributed by atoms with Crippen molar-refractivity contribution >= 4 is 18.3 Å². The van der Waals surface area contributed by atoms with Crippen molar-refractivity contribution in [2.24, 2.45) is 17.8 Å². The molecule has 0 bridgehead atoms. The third-order valence-electron chi connectivity index (χ3n) is 5.46. The molecule has 2 fully saturated rings. The molecule has 0 saturated carbocycles. The van der Waals surface area contributed by atoms with E-state index in [-0.39, 0.29) is 12.4 Å². The molecule has 2 aliphatic rings. The Bertz CT molecular complexity index is 305. The molecule has 0 aromatic carbocycles. The van der Waals surface area contributed by atoms with E-state index in [9.17, 15) is 4.79 Å². The van der Waals surface area contributed by atoms with Gasteiger partial charge in [-0.25, -0.2) is 0 Å². The molecular formula is C17H33ClN2O. The maximum atomic E-state index is 12.5. The lowest BCUT2D eigenvalue weighted by Gasteiger charge is -2.30. The molecule has 1 N–H and O–H groups in total. The van der Waals surface area contributed by atoms with E-state index in [1.807, 2.05) is 0 Å². The Hall–Kier alpha value is -0.280. The van der Waals surface area contributed by atoms with E-state index in [1.165, 1.54) is 38.5 Å². The predicted molar refractivity (Wildman–Crippen MR) is 90.8 cm³/mol. The van der Waals surface area contributed by atoms with E-state index in [4.69, 9.17) is 0 Å². The molecule has 2 heterocycles. The summed E-state index contributed by atoms with van der Waals surface area (Å²) in [6.07, 6.45) is 8.24. The minimum Gasteiger partial charge on any atom is -0.343 e. The summed E-state index contributed by atoms with van der Waals surface area (Å²) in [5.41, 5.74) is 0. The zero-order valence-electron chi connectivity index (χ0n) is 13.8. The van der Waals surface area contributed by atoms with Crippen molar-refractivity contribution in [3.8, 4) is 0 Å². The lowest BCUT2D eigenvalue weighted by atomic mass is 9.84. The molecule has 0 aromatic rings. The Kier molecular flexibility index (Phi) is 8.65. The highest BCUT2D eigenvalue weighted by Gasteiger charge is 2.25. The van der Waals surface area contributed by atoms with Crippen molar-refractivity contribution in [2.75, 3.05) is 26.2 Å². The van der Waals surface area contributed by atoms with Crippen LogP contribution >= 0.6 is 12.4 Å². The third-order valence-corrected chi connectivity index (χ3v) is 5.46. The standard InChI is InChI=1S/C17H32N2O.ClH/c1-3-15-5-4-11-19(12-8-15)17(20)13-14(2)16-6-9-18-10-7-16;/h14-16,18H,3-13H2,1-2H3;1H. The van der Waals surface area contributed by atoms with Crippen molar-refractivity contribution in [2.45, 2.75) is 58.8 Å². The normalized spacial score (nSPS) is 25.8. The summed E-state index contributed by atoms with van der Waals surface area (Å²) >= 11 is 0. The topological polar surface area (TPSA) is 32.3 Å². The third kappa shape index (κ3) is 5.78. The smallest absolute Gasteiger partial charge is 0.222 e. The minimum atomic E-state index is 0. The fourth-order valence-electron chi connectivity index (χ4n) is 3.81. The van der Waals surface area contributed by atoms with E-state index in [1.54, 1.807) is 0 Å². The summed E-state index contributed by atoms with van der Waals surface area (Å²) in [6, 6.07) is 0. The first-order valence-electron chi connectivity index (χ1n) is 8.69. The second-order valence-corrected chi connectivity index (χ2v) is 6.85. The summed E-state index contributed by atoms with van der Waals surface area (Å²) in [6.45, 7) is 8.81. The predicted octanol–water partition coefficient (Wildman–Crippen LogP) is 3.47. The number of halogens is 1. The van der Waals surface area contributed by atoms with Gasteiger partial charge in [0.15, 0.2) is 0 Å². The molecule has 2 aliphatic heterocycles. The van der Waals surface area contributed by atoms with Crippen LogP contribution in [0.1, 0.15) is 58.8 Å². The highest BCUT2D eigenvalue weighted by atomic mass is 35.5. The van der Waals surface area contributed by atoms with Crippen molar-refractivity contribution in [3.63, 3.8) is 0 Å². The van der Waals surface area contributed by atoms with Crippen LogP contribution in [0, 0.1) is 17.8 Å². The fraction of sp³-hybridized carbons (Fsp3) is 0.941. The molecule has 3 nitrogen and oxygen atoms in total. The van der Waals surface area contributed by atoms with Crippen LogP contribution in [0.3, 0.4) is 0 Å². The number of likely N-dealkylation sites (tertiary alicyclic amines) is 1. The van der Waals surface area contributed by atoms with Crippen molar-refractivity contribution in [3.05, 3.63) is 0 Å². The van der Waals surface area contributed by atoms with Gasteiger partial charge >= 0.3 is 0 Å². The van der Waals surface area contributed by atoms with Gasteiger partial charge in [-0.15, -0.1) is 12.4 Å². The van der Waals surface area contributed by atoms with Gasteiger partial charge in [0.2, 0.25) is 5.91 Å². The Morgan fingerprint density at radius 3 is 2.57 bits per heavy atom. The summed E-state index contributed by atoms with van der Waals surface area (Å²) < 4.78 is 0. The number of hydrogen-bond donors (Lipinski definition) is 1. The number of hydrogen-bond acceptors (Lipinski definition) is 2. The lowest BCUT2D eigenvalue weighted by Crippen LogP contribution is -2.36. The van der Waals surface area contributed by atoms with E-state index >= 15 is 0 Å². The van der Waals surface area contributed by atoms with Crippen LogP contribution in [0.15, 0.2) is 0 Å². The van der Waals surface area contributed by atoms with Crippen LogP contribution in [-0.4, -0.2) is 37.0 Å². The number of carbonyl (C=O) groups excluding carboxylic acids is 1. The van der Waals surface area contributed by atoms with Gasteiger partial charge in [-0.2, -0.15) is 0 Å². The van der Waals surface area contributed by atoms with Gasteiger partial charge in [0, 0.05) is 19.5 Å². The van der Waals surface area contributed by atoms with Gasteiger partial charge < -0.3 is 10.2 Å². The van der Waals surface area contributed by atoms with Crippen molar-refractivity contribution in [1.82, 2.24) is 10.2 Å². The number of nitrogens with zero attached hydrogens (tertiary/aromatic N) is 1. The molecule has 0 aliphatic carbocycles. The Labute approximate surface area is 136 Å². The molecule has 2 saturated heterocycles. The number of amides is 1. The molecule has 0 radical (unpaired) electrons. The number of nitrogens with one attached hydrogen (secondary N) is 1. The van der Waals surface area contributed by atoms with Gasteiger partial charge in [0.25, 0.3) is 0 Å². The van der Waals surface area contributed by atoms with Crippen molar-refractivity contribution < 1.29 is 4.79 Å². The molecule has 2 unspecified atom stereocenters. The van der Waals surface area contributed by atoms with Crippen LogP contribution in [0.4, 0.5) is 0 Å². The van der Waals surface area contributed by atoms with E-state index in [0.29, 0.717) is 11.8 Å². The molecule has 0 spiro atoms. The summed E-state index contributed by atoms with van der Waals surface area (Å²) in [5.74, 6) is 2.55. The van der Waals surface area contributed by atoms with Crippen molar-refractivity contribution in [1.29, 1.82) is 0 Å². The highest BCUT2D eigenvalue weighted by Crippen LogP contribution is 2.26. The summed E-state index contributed by atoms with van der Waals surface area (Å²) in [7, 11) is 0. The summed E-state index contributed by atoms with van der Waals surface area (Å²) in [4.78, 5) is 14.7. The molecule has 4 heteroatoms. The second-order valence-electron chi connectivity index (χ2n) is 6.85. The Balaban J connectivity index is 0.00000220. The van der Waals surface area contributed by atoms with Crippen LogP contribution < -0.4 is 5.32 Å². The van der Waals surface area contributed by atoms with E-state index in [2.05, 4.69) is 24.1 Å². The first kappa shape index (κ1) is 18.8. The first-order chi connectivity index (χ1) is 9.70. The monoisotopic (exact) mass is 316 g/mol. The van der Waals surface area contributed by atoms with E-state index < -0.39 is 0 Å². The molecular weight excluding hydrogens is 284 g/mol. The maximum Gasteiger partial charge on any atom is 0.222 e. The molecule has 124 valence electrons. The molecule has 0 aromatic heterocycles. The maximum absolute atomic E-state index is 12.5. The Morgan fingerprint density at radius 2 is 1.90 bits per heavy atom. The molecule has 2 atom stereocenters. The zero-order valence-corrected chi connectivity index (χ0v) is 14.6. The highest BCUT2D eigenvalue weighted by molar-refractivity contribution is 5.85. The number of piperidine rings is 1. The van der Waals surface area contributed by atoms with Gasteiger partial charge in [0.05, 0.1) is 0 Å². The van der Waals surface area contributed by atoms with Gasteiger partial charge in [-0.3, -0.25) is 4.79 Å². The Morgan fingerprint density at radius 1 is 1.19 bits per heavy atom. The fourth-order valence-corrected chi connectivity index (χ4v) is 3.81.